The summed E-state index contributed by atoms with van der Waals surface area (Å²) in [6.07, 6.45) is 3.75. The quantitative estimate of drug-likeness (QED) is 0.460. The molecule has 0 spiro atoms. The molecule has 2 amide bonds. The number of amides is 2. The number of allylic oxidation sites excluding steroid dienone is 1. The van der Waals surface area contributed by atoms with Gasteiger partial charge in [0, 0.05) is 12.6 Å². The minimum Gasteiger partial charge on any atom is -0.504 e. The molecule has 2 fully saturated rings. The lowest BCUT2D eigenvalue weighted by Gasteiger charge is -2.34. The lowest BCUT2D eigenvalue weighted by molar-refractivity contribution is 0.195. The number of aromatic hydroxyl groups is 1. The molecule has 0 aromatic heterocycles. The number of phenols is 1. The van der Waals surface area contributed by atoms with E-state index in [1.165, 1.54) is 12.1 Å². The Morgan fingerprint density at radius 3 is 2.77 bits per heavy atom. The van der Waals surface area contributed by atoms with E-state index in [1.54, 1.807) is 0 Å². The summed E-state index contributed by atoms with van der Waals surface area (Å²) < 4.78 is 40.5. The van der Waals surface area contributed by atoms with E-state index in [-0.39, 0.29) is 27.7 Å². The second-order valence-electron chi connectivity index (χ2n) is 8.62. The van der Waals surface area contributed by atoms with E-state index in [4.69, 9.17) is 11.6 Å². The monoisotopic (exact) mass is 471 g/mol. The van der Waals surface area contributed by atoms with Crippen molar-refractivity contribution in [2.45, 2.75) is 67.4 Å². The van der Waals surface area contributed by atoms with Crippen LogP contribution in [0.3, 0.4) is 0 Å². The van der Waals surface area contributed by atoms with Crippen LogP contribution in [0.4, 0.5) is 14.9 Å². The van der Waals surface area contributed by atoms with Crippen molar-refractivity contribution in [2.75, 3.05) is 18.4 Å². The molecule has 10 heteroatoms. The van der Waals surface area contributed by atoms with Gasteiger partial charge in [-0.2, -0.15) is 0 Å². The van der Waals surface area contributed by atoms with Gasteiger partial charge < -0.3 is 15.7 Å². The number of carbonyl (C=O) groups is 1. The number of fused-ring (bicyclic) bond motifs is 1. The third-order valence-corrected chi connectivity index (χ3v) is 9.30. The number of benzene rings is 1. The van der Waals surface area contributed by atoms with Crippen LogP contribution in [0.5, 0.6) is 5.75 Å². The Hall–Kier alpha value is -1.84. The van der Waals surface area contributed by atoms with Gasteiger partial charge in [-0.15, -0.1) is 0 Å². The second kappa shape index (κ2) is 8.60. The van der Waals surface area contributed by atoms with Gasteiger partial charge in [0.2, 0.25) is 0 Å². The van der Waals surface area contributed by atoms with Crippen molar-refractivity contribution in [3.63, 3.8) is 0 Å². The molecule has 0 bridgehead atoms. The van der Waals surface area contributed by atoms with E-state index in [2.05, 4.69) is 16.7 Å². The van der Waals surface area contributed by atoms with Crippen LogP contribution in [0.2, 0.25) is 5.02 Å². The molecule has 2 aliphatic heterocycles. The highest BCUT2D eigenvalue weighted by Gasteiger charge is 2.43. The number of nitrogens with zero attached hydrogens (tertiary/aromatic N) is 1. The number of sulfone groups is 1. The van der Waals surface area contributed by atoms with E-state index in [9.17, 15) is 22.7 Å². The van der Waals surface area contributed by atoms with E-state index in [0.29, 0.717) is 32.4 Å². The van der Waals surface area contributed by atoms with E-state index in [0.717, 1.165) is 18.4 Å². The molecule has 1 aliphatic carbocycles. The smallest absolute Gasteiger partial charge is 0.319 e. The lowest BCUT2D eigenvalue weighted by atomic mass is 10.0. The molecule has 1 unspecified atom stereocenters. The molecule has 3 N–H and O–H groups in total. The molecule has 1 aromatic rings. The van der Waals surface area contributed by atoms with Gasteiger partial charge in [-0.25, -0.2) is 17.6 Å². The van der Waals surface area contributed by atoms with Crippen molar-refractivity contribution in [3.05, 3.63) is 28.8 Å². The van der Waals surface area contributed by atoms with Crippen molar-refractivity contribution in [3.8, 4) is 5.75 Å². The third-order valence-electron chi connectivity index (χ3n) is 6.58. The van der Waals surface area contributed by atoms with Crippen LogP contribution >= 0.6 is 11.6 Å². The Morgan fingerprint density at radius 2 is 2.06 bits per heavy atom. The number of urea groups is 1. The summed E-state index contributed by atoms with van der Waals surface area (Å²) in [6.45, 7) is 2.76. The summed E-state index contributed by atoms with van der Waals surface area (Å²) in [7, 11) is -3.98. The molecule has 170 valence electrons. The fourth-order valence-corrected chi connectivity index (χ4v) is 7.31. The Labute approximate surface area is 186 Å². The van der Waals surface area contributed by atoms with Crippen LogP contribution in [0, 0.1) is 0 Å². The van der Waals surface area contributed by atoms with Crippen molar-refractivity contribution in [1.82, 2.24) is 10.2 Å². The van der Waals surface area contributed by atoms with Gasteiger partial charge in [-0.05, 0) is 57.7 Å². The number of hydrogen-bond acceptors (Lipinski definition) is 5. The number of anilines is 1. The summed E-state index contributed by atoms with van der Waals surface area (Å²) in [4.78, 5) is 14.0. The van der Waals surface area contributed by atoms with Gasteiger partial charge in [0.25, 0.3) is 0 Å². The van der Waals surface area contributed by atoms with E-state index < -0.39 is 33.0 Å². The molecule has 0 saturated carbocycles. The maximum absolute atomic E-state index is 13.7. The molecular weight excluding hydrogens is 445 g/mol. The largest absolute Gasteiger partial charge is 0.504 e. The van der Waals surface area contributed by atoms with E-state index in [1.807, 2.05) is 11.8 Å². The number of piperidine rings is 1. The zero-order valence-corrected chi connectivity index (χ0v) is 18.8. The number of rotatable bonds is 4. The van der Waals surface area contributed by atoms with Crippen LogP contribution < -0.4 is 10.6 Å². The molecule has 0 radical (unpaired) electrons. The van der Waals surface area contributed by atoms with Crippen molar-refractivity contribution >= 4 is 33.2 Å². The third kappa shape index (κ3) is 4.40. The minimum atomic E-state index is -3.98. The Bertz CT molecular complexity index is 1020. The average molecular weight is 472 g/mol. The first-order valence-corrected chi connectivity index (χ1v) is 12.5. The first-order valence-electron chi connectivity index (χ1n) is 10.5. The Balaban J connectivity index is 1.54. The molecule has 2 heterocycles. The van der Waals surface area contributed by atoms with Crippen LogP contribution in [0.1, 0.15) is 39.0 Å². The fraction of sp³-hybridized carbons (Fsp3) is 0.571. The number of carbonyl (C=O) groups excluding carboxylic acids is 1. The molecule has 2 saturated heterocycles. The molecule has 1 aromatic carbocycles. The summed E-state index contributed by atoms with van der Waals surface area (Å²) in [5.74, 6) is -0.571. The maximum Gasteiger partial charge on any atom is 0.319 e. The summed E-state index contributed by atoms with van der Waals surface area (Å²) >= 11 is 6.19. The highest BCUT2D eigenvalue weighted by atomic mass is 35.5. The number of hydrogen-bond donors (Lipinski definition) is 3. The molecule has 4 rings (SSSR count). The second-order valence-corrected chi connectivity index (χ2v) is 11.2. The van der Waals surface area contributed by atoms with Gasteiger partial charge >= 0.3 is 6.03 Å². The van der Waals surface area contributed by atoms with Gasteiger partial charge in [0.15, 0.2) is 15.6 Å². The van der Waals surface area contributed by atoms with Crippen molar-refractivity contribution in [2.24, 2.45) is 0 Å². The molecular formula is C21H27ClFN3O4S. The van der Waals surface area contributed by atoms with Crippen LogP contribution in [-0.4, -0.2) is 61.1 Å². The predicted octanol–water partition coefficient (Wildman–Crippen LogP) is 3.62. The molecule has 7 nitrogen and oxygen atoms in total. The Kier molecular flexibility index (Phi) is 6.20. The number of halogens is 2. The lowest BCUT2D eigenvalue weighted by Crippen LogP contribution is -2.43. The zero-order chi connectivity index (χ0) is 22.3. The van der Waals surface area contributed by atoms with Gasteiger partial charge in [-0.3, -0.25) is 4.90 Å². The van der Waals surface area contributed by atoms with Crippen molar-refractivity contribution in [1.29, 1.82) is 0 Å². The summed E-state index contributed by atoms with van der Waals surface area (Å²) in [5.41, 5.74) is 1.04. The summed E-state index contributed by atoms with van der Waals surface area (Å²) in [6, 6.07) is 1.98. The van der Waals surface area contributed by atoms with Crippen LogP contribution in [0.15, 0.2) is 28.7 Å². The van der Waals surface area contributed by atoms with Gasteiger partial charge in [0.1, 0.15) is 11.1 Å². The first kappa shape index (κ1) is 22.4. The standard InChI is InChI=1S/C21H27ClFN3O4S/c1-12-3-2-4-17(12)24-21(28)25-18-6-5-16(22)20(19(18)27)31(29,30)15-7-8-26-11-13(23)9-14(26)10-15/h3,5-6,13-15,17,27H,2,4,7-11H2,1H3,(H2,24,25,28)/t13-,14-,15?,17+/m0/s1. The molecule has 3 aliphatic rings. The zero-order valence-electron chi connectivity index (χ0n) is 17.3. The van der Waals surface area contributed by atoms with E-state index >= 15 is 0 Å². The maximum atomic E-state index is 13.7. The number of alkyl halides is 1. The predicted molar refractivity (Wildman–Crippen MR) is 117 cm³/mol. The molecule has 31 heavy (non-hydrogen) atoms. The average Bonchev–Trinajstić information content (AvgIpc) is 3.27. The minimum absolute atomic E-state index is 0.0257. The van der Waals surface area contributed by atoms with Crippen molar-refractivity contribution < 1.29 is 22.7 Å². The fourth-order valence-electron chi connectivity index (χ4n) is 4.89. The highest BCUT2D eigenvalue weighted by molar-refractivity contribution is 7.92. The highest BCUT2D eigenvalue weighted by Crippen LogP contribution is 2.42. The van der Waals surface area contributed by atoms with Gasteiger partial charge in [-0.1, -0.05) is 23.3 Å². The Morgan fingerprint density at radius 1 is 1.29 bits per heavy atom. The van der Waals surface area contributed by atoms with Gasteiger partial charge in [0.05, 0.1) is 22.0 Å². The topological polar surface area (TPSA) is 98.7 Å². The normalized spacial score (nSPS) is 28.8. The van der Waals surface area contributed by atoms with Crippen LogP contribution in [-0.2, 0) is 9.84 Å². The first-order chi connectivity index (χ1) is 14.7. The van der Waals surface area contributed by atoms with Crippen LogP contribution in [0.25, 0.3) is 0 Å². The number of nitrogens with one attached hydrogen (secondary N) is 2. The SMILES string of the molecule is CC1=CCC[C@H]1NC(=O)Nc1ccc(Cl)c(S(=O)(=O)C2CCN3C[C@@H](F)C[C@H]3C2)c1O. The number of phenolic OH excluding ortho intramolecular Hbond substituents is 1. The summed E-state index contributed by atoms with van der Waals surface area (Å²) in [5, 5.41) is 15.2. The molecule has 4 atom stereocenters.